The monoisotopic (exact) mass is 253 g/mol. The summed E-state index contributed by atoms with van der Waals surface area (Å²) in [5.74, 6) is 1.06. The molecule has 0 saturated heterocycles. The minimum atomic E-state index is 0.253. The van der Waals surface area contributed by atoms with Gasteiger partial charge in [-0.3, -0.25) is 0 Å². The van der Waals surface area contributed by atoms with Crippen LogP contribution in [0, 0.1) is 0 Å². The van der Waals surface area contributed by atoms with Crippen molar-refractivity contribution in [3.05, 3.63) is 29.3 Å². The van der Waals surface area contributed by atoms with E-state index in [0.717, 1.165) is 44.7 Å². The fourth-order valence-electron chi connectivity index (χ4n) is 2.03. The van der Waals surface area contributed by atoms with Crippen molar-refractivity contribution < 1.29 is 4.74 Å². The molecule has 1 unspecified atom stereocenters. The molecule has 1 N–H and O–H groups in total. The fraction of sp³-hybridized carbons (Fsp3) is 0.571. The number of alkyl halides is 1. The molecule has 1 aromatic rings. The maximum atomic E-state index is 6.04. The second kappa shape index (κ2) is 6.27. The second-order valence-electron chi connectivity index (χ2n) is 4.50. The normalized spacial score (nSPS) is 15.4. The minimum Gasteiger partial charge on any atom is -0.493 e. The summed E-state index contributed by atoms with van der Waals surface area (Å²) in [6.07, 6.45) is 3.13. The number of nitrogens with one attached hydrogen (secondary N) is 1. The van der Waals surface area contributed by atoms with Crippen LogP contribution < -0.4 is 10.1 Å². The summed E-state index contributed by atoms with van der Waals surface area (Å²) in [4.78, 5) is 0. The number of fused-ring (bicyclic) bond motifs is 1. The van der Waals surface area contributed by atoms with E-state index in [1.807, 2.05) is 0 Å². The van der Waals surface area contributed by atoms with E-state index < -0.39 is 0 Å². The van der Waals surface area contributed by atoms with Gasteiger partial charge in [0.1, 0.15) is 5.75 Å². The molecule has 1 aliphatic heterocycles. The molecule has 0 radical (unpaired) electrons. The van der Waals surface area contributed by atoms with Gasteiger partial charge in [-0.05, 0) is 36.6 Å². The Morgan fingerprint density at radius 3 is 3.18 bits per heavy atom. The van der Waals surface area contributed by atoms with Crippen molar-refractivity contribution >= 4 is 11.6 Å². The van der Waals surface area contributed by atoms with E-state index >= 15 is 0 Å². The van der Waals surface area contributed by atoms with Gasteiger partial charge in [-0.1, -0.05) is 19.1 Å². The molecule has 0 spiro atoms. The van der Waals surface area contributed by atoms with Gasteiger partial charge in [0.25, 0.3) is 0 Å². The van der Waals surface area contributed by atoms with E-state index in [0.29, 0.717) is 0 Å². The maximum Gasteiger partial charge on any atom is 0.122 e. The third-order valence-electron chi connectivity index (χ3n) is 3.15. The summed E-state index contributed by atoms with van der Waals surface area (Å²) in [7, 11) is 0. The maximum absolute atomic E-state index is 6.04. The van der Waals surface area contributed by atoms with Crippen molar-refractivity contribution in [2.75, 3.05) is 19.7 Å². The SMILES string of the molecule is CCC(Cl)CNCCc1ccc2c(c1)CCO2. The highest BCUT2D eigenvalue weighted by Gasteiger charge is 2.11. The Morgan fingerprint density at radius 1 is 1.47 bits per heavy atom. The van der Waals surface area contributed by atoms with Crippen LogP contribution in [0.5, 0.6) is 5.75 Å². The summed E-state index contributed by atoms with van der Waals surface area (Å²) in [5, 5.41) is 3.64. The van der Waals surface area contributed by atoms with Crippen LogP contribution in [0.4, 0.5) is 0 Å². The van der Waals surface area contributed by atoms with E-state index in [4.69, 9.17) is 16.3 Å². The molecule has 0 fully saturated rings. The van der Waals surface area contributed by atoms with E-state index in [2.05, 4.69) is 30.4 Å². The number of benzene rings is 1. The molecule has 1 aromatic carbocycles. The van der Waals surface area contributed by atoms with Crippen molar-refractivity contribution in [2.45, 2.75) is 31.6 Å². The summed E-state index contributed by atoms with van der Waals surface area (Å²) in [6, 6.07) is 6.51. The van der Waals surface area contributed by atoms with Crippen molar-refractivity contribution in [3.8, 4) is 5.75 Å². The van der Waals surface area contributed by atoms with Crippen LogP contribution in [-0.4, -0.2) is 25.1 Å². The van der Waals surface area contributed by atoms with Gasteiger partial charge < -0.3 is 10.1 Å². The van der Waals surface area contributed by atoms with E-state index in [1.54, 1.807) is 0 Å². The van der Waals surface area contributed by atoms with Gasteiger partial charge in [0.05, 0.1) is 6.61 Å². The topological polar surface area (TPSA) is 21.3 Å². The Bertz CT molecular complexity index is 367. The van der Waals surface area contributed by atoms with Crippen LogP contribution in [-0.2, 0) is 12.8 Å². The smallest absolute Gasteiger partial charge is 0.122 e. The van der Waals surface area contributed by atoms with Gasteiger partial charge in [0.2, 0.25) is 0 Å². The molecule has 1 atom stereocenters. The molecule has 17 heavy (non-hydrogen) atoms. The lowest BCUT2D eigenvalue weighted by molar-refractivity contribution is 0.357. The Labute approximate surface area is 108 Å². The van der Waals surface area contributed by atoms with Crippen LogP contribution in [0.2, 0.25) is 0 Å². The van der Waals surface area contributed by atoms with E-state index in [-0.39, 0.29) is 5.38 Å². The Hall–Kier alpha value is -0.730. The first-order valence-electron chi connectivity index (χ1n) is 6.39. The highest BCUT2D eigenvalue weighted by atomic mass is 35.5. The number of hydrogen-bond donors (Lipinski definition) is 1. The van der Waals surface area contributed by atoms with Gasteiger partial charge in [-0.25, -0.2) is 0 Å². The number of rotatable bonds is 6. The zero-order valence-electron chi connectivity index (χ0n) is 10.3. The molecule has 2 nitrogen and oxygen atoms in total. The molecule has 2 rings (SSSR count). The molecule has 94 valence electrons. The Balaban J connectivity index is 1.76. The standard InChI is InChI=1S/C14H20ClNO/c1-2-13(15)10-16-7-5-11-3-4-14-12(9-11)6-8-17-14/h3-4,9,13,16H,2,5-8,10H2,1H3. The largest absolute Gasteiger partial charge is 0.493 e. The van der Waals surface area contributed by atoms with Crippen LogP contribution in [0.15, 0.2) is 18.2 Å². The lowest BCUT2D eigenvalue weighted by Crippen LogP contribution is -2.24. The first-order valence-corrected chi connectivity index (χ1v) is 6.82. The van der Waals surface area contributed by atoms with Gasteiger partial charge in [-0.2, -0.15) is 0 Å². The van der Waals surface area contributed by atoms with Gasteiger partial charge in [-0.15, -0.1) is 11.6 Å². The van der Waals surface area contributed by atoms with Crippen molar-refractivity contribution in [1.29, 1.82) is 0 Å². The summed E-state index contributed by atoms with van der Waals surface area (Å²) < 4.78 is 5.49. The molecule has 0 aromatic heterocycles. The molecule has 1 aliphatic rings. The van der Waals surface area contributed by atoms with Crippen LogP contribution in [0.25, 0.3) is 0 Å². The number of hydrogen-bond acceptors (Lipinski definition) is 2. The van der Waals surface area contributed by atoms with Gasteiger partial charge in [0, 0.05) is 18.3 Å². The summed E-state index contributed by atoms with van der Waals surface area (Å²) in [5.41, 5.74) is 2.73. The summed E-state index contributed by atoms with van der Waals surface area (Å²) in [6.45, 7) is 4.83. The molecule has 0 bridgehead atoms. The van der Waals surface area contributed by atoms with Gasteiger partial charge >= 0.3 is 0 Å². The van der Waals surface area contributed by atoms with Crippen LogP contribution >= 0.6 is 11.6 Å². The van der Waals surface area contributed by atoms with Crippen molar-refractivity contribution in [1.82, 2.24) is 5.32 Å². The molecule has 0 saturated carbocycles. The molecule has 0 aliphatic carbocycles. The first kappa shape index (κ1) is 12.7. The third-order valence-corrected chi connectivity index (χ3v) is 3.62. The van der Waals surface area contributed by atoms with Crippen molar-refractivity contribution in [2.24, 2.45) is 0 Å². The van der Waals surface area contributed by atoms with E-state index in [9.17, 15) is 0 Å². The molecule has 3 heteroatoms. The molecule has 1 heterocycles. The summed E-state index contributed by atoms with van der Waals surface area (Å²) >= 11 is 6.04. The highest BCUT2D eigenvalue weighted by molar-refractivity contribution is 6.20. The Morgan fingerprint density at radius 2 is 2.35 bits per heavy atom. The predicted molar refractivity (Wildman–Crippen MR) is 72.1 cm³/mol. The number of ether oxygens (including phenoxy) is 1. The second-order valence-corrected chi connectivity index (χ2v) is 5.12. The Kier molecular flexibility index (Phi) is 4.69. The number of halogens is 1. The lowest BCUT2D eigenvalue weighted by Gasteiger charge is -2.09. The predicted octanol–water partition coefficient (Wildman–Crippen LogP) is 2.77. The molecular weight excluding hydrogens is 234 g/mol. The average Bonchev–Trinajstić information content (AvgIpc) is 2.81. The third kappa shape index (κ3) is 3.62. The minimum absolute atomic E-state index is 0.253. The van der Waals surface area contributed by atoms with Gasteiger partial charge in [0.15, 0.2) is 0 Å². The first-order chi connectivity index (χ1) is 8.29. The lowest BCUT2D eigenvalue weighted by atomic mass is 10.1. The fourth-order valence-corrected chi connectivity index (χ4v) is 2.14. The van der Waals surface area contributed by atoms with E-state index in [1.165, 1.54) is 11.1 Å². The molecular formula is C14H20ClNO. The quantitative estimate of drug-likeness (QED) is 0.622. The molecule has 0 amide bonds. The highest BCUT2D eigenvalue weighted by Crippen LogP contribution is 2.25. The van der Waals surface area contributed by atoms with Crippen molar-refractivity contribution in [3.63, 3.8) is 0 Å². The van der Waals surface area contributed by atoms with Crippen LogP contribution in [0.1, 0.15) is 24.5 Å². The zero-order chi connectivity index (χ0) is 12.1. The zero-order valence-corrected chi connectivity index (χ0v) is 11.1. The average molecular weight is 254 g/mol. The van der Waals surface area contributed by atoms with Crippen LogP contribution in [0.3, 0.4) is 0 Å².